The number of benzene rings is 2. The lowest BCUT2D eigenvalue weighted by Crippen LogP contribution is -2.20. The number of nitro benzene ring substituents is 1. The molecule has 2 amide bonds. The SMILES string of the molecule is COc1cc([N+](=O)[O-])ccc1NC(=O)Nc1ncn(Cc2cccc(C(F)(F)F)c2)n1. The molecular formula is C18H15F3N6O4. The molecule has 0 radical (unpaired) electrons. The number of aromatic nitrogens is 3. The number of rotatable bonds is 6. The number of anilines is 2. The Hall–Kier alpha value is -4.16. The number of nitrogens with one attached hydrogen (secondary N) is 2. The summed E-state index contributed by atoms with van der Waals surface area (Å²) < 4.78 is 44.7. The van der Waals surface area contributed by atoms with E-state index in [9.17, 15) is 28.1 Å². The van der Waals surface area contributed by atoms with Crippen molar-refractivity contribution in [2.75, 3.05) is 17.7 Å². The third-order valence-corrected chi connectivity index (χ3v) is 4.00. The van der Waals surface area contributed by atoms with Gasteiger partial charge in [0.2, 0.25) is 5.95 Å². The van der Waals surface area contributed by atoms with Gasteiger partial charge in [0, 0.05) is 6.07 Å². The fraction of sp³-hybridized carbons (Fsp3) is 0.167. The molecule has 2 N–H and O–H groups in total. The van der Waals surface area contributed by atoms with E-state index in [1.807, 2.05) is 0 Å². The van der Waals surface area contributed by atoms with Crippen LogP contribution in [0.4, 0.5) is 35.3 Å². The third-order valence-electron chi connectivity index (χ3n) is 4.00. The highest BCUT2D eigenvalue weighted by atomic mass is 19.4. The van der Waals surface area contributed by atoms with Gasteiger partial charge in [-0.2, -0.15) is 13.2 Å². The molecule has 162 valence electrons. The van der Waals surface area contributed by atoms with E-state index in [-0.39, 0.29) is 29.6 Å². The van der Waals surface area contributed by atoms with Crippen LogP contribution in [0.25, 0.3) is 0 Å². The van der Waals surface area contributed by atoms with Crippen molar-refractivity contribution in [1.29, 1.82) is 0 Å². The Kier molecular flexibility index (Phi) is 6.04. The molecule has 2 aromatic carbocycles. The van der Waals surface area contributed by atoms with Crippen LogP contribution in [0.2, 0.25) is 0 Å². The molecule has 0 aliphatic carbocycles. The number of nitro groups is 1. The molecule has 0 aliphatic heterocycles. The number of ether oxygens (including phenoxy) is 1. The molecule has 0 saturated carbocycles. The van der Waals surface area contributed by atoms with Crippen LogP contribution < -0.4 is 15.4 Å². The minimum atomic E-state index is -4.46. The Morgan fingerprint density at radius 1 is 1.23 bits per heavy atom. The van der Waals surface area contributed by atoms with E-state index < -0.39 is 22.7 Å². The zero-order valence-corrected chi connectivity index (χ0v) is 15.9. The number of nitrogens with zero attached hydrogens (tertiary/aromatic N) is 4. The largest absolute Gasteiger partial charge is 0.494 e. The van der Waals surface area contributed by atoms with Crippen LogP contribution in [0.5, 0.6) is 5.75 Å². The van der Waals surface area contributed by atoms with Crippen LogP contribution in [0.15, 0.2) is 48.8 Å². The highest BCUT2D eigenvalue weighted by Gasteiger charge is 2.30. The first kappa shape index (κ1) is 21.5. The molecule has 31 heavy (non-hydrogen) atoms. The number of carbonyl (C=O) groups is 1. The van der Waals surface area contributed by atoms with Crippen LogP contribution in [0.3, 0.4) is 0 Å². The van der Waals surface area contributed by atoms with Gasteiger partial charge in [0.1, 0.15) is 12.1 Å². The van der Waals surface area contributed by atoms with Gasteiger partial charge in [-0.3, -0.25) is 15.4 Å². The molecule has 1 aromatic heterocycles. The fourth-order valence-corrected chi connectivity index (χ4v) is 2.61. The molecule has 0 spiro atoms. The molecule has 13 heteroatoms. The van der Waals surface area contributed by atoms with E-state index >= 15 is 0 Å². The molecule has 0 unspecified atom stereocenters. The van der Waals surface area contributed by atoms with Crippen LogP contribution >= 0.6 is 0 Å². The predicted octanol–water partition coefficient (Wildman–Crippen LogP) is 3.91. The zero-order chi connectivity index (χ0) is 22.6. The molecule has 3 rings (SSSR count). The monoisotopic (exact) mass is 436 g/mol. The summed E-state index contributed by atoms with van der Waals surface area (Å²) in [6.07, 6.45) is -3.20. The van der Waals surface area contributed by atoms with Crippen LogP contribution in [-0.2, 0) is 12.7 Å². The first-order valence-electron chi connectivity index (χ1n) is 8.61. The Labute approximate surface area is 172 Å². The predicted molar refractivity (Wildman–Crippen MR) is 103 cm³/mol. The van der Waals surface area contributed by atoms with Crippen molar-refractivity contribution in [3.8, 4) is 5.75 Å². The van der Waals surface area contributed by atoms with Gasteiger partial charge in [0.15, 0.2) is 0 Å². The molecule has 0 fully saturated rings. The van der Waals surface area contributed by atoms with E-state index in [1.165, 1.54) is 42.4 Å². The summed E-state index contributed by atoms with van der Waals surface area (Å²) in [6, 6.07) is 7.67. The van der Waals surface area contributed by atoms with Crippen molar-refractivity contribution in [3.63, 3.8) is 0 Å². The van der Waals surface area contributed by atoms with Crippen molar-refractivity contribution in [2.45, 2.75) is 12.7 Å². The Bertz CT molecular complexity index is 1120. The normalized spacial score (nSPS) is 11.1. The molecule has 10 nitrogen and oxygen atoms in total. The maximum absolute atomic E-state index is 12.8. The maximum Gasteiger partial charge on any atom is 0.416 e. The van der Waals surface area contributed by atoms with Crippen molar-refractivity contribution < 1.29 is 27.6 Å². The summed E-state index contributed by atoms with van der Waals surface area (Å²) >= 11 is 0. The Balaban J connectivity index is 1.65. The number of halogens is 3. The van der Waals surface area contributed by atoms with E-state index in [2.05, 4.69) is 20.7 Å². The van der Waals surface area contributed by atoms with Gasteiger partial charge in [-0.1, -0.05) is 12.1 Å². The maximum atomic E-state index is 12.8. The van der Waals surface area contributed by atoms with Crippen LogP contribution in [-0.4, -0.2) is 32.8 Å². The number of urea groups is 1. The molecule has 3 aromatic rings. The number of alkyl halides is 3. The van der Waals surface area contributed by atoms with Gasteiger partial charge in [-0.15, -0.1) is 5.10 Å². The minimum Gasteiger partial charge on any atom is -0.494 e. The van der Waals surface area contributed by atoms with Crippen LogP contribution in [0, 0.1) is 10.1 Å². The minimum absolute atomic E-state index is 0.0103. The van der Waals surface area contributed by atoms with Gasteiger partial charge in [0.05, 0.1) is 35.9 Å². The van der Waals surface area contributed by atoms with Gasteiger partial charge >= 0.3 is 12.2 Å². The second-order valence-electron chi connectivity index (χ2n) is 6.18. The topological polar surface area (TPSA) is 124 Å². The average Bonchev–Trinajstić information content (AvgIpc) is 3.14. The van der Waals surface area contributed by atoms with Gasteiger partial charge in [-0.25, -0.2) is 14.5 Å². The first-order chi connectivity index (χ1) is 14.7. The summed E-state index contributed by atoms with van der Waals surface area (Å²) in [5.74, 6) is -0.0160. The van der Waals surface area contributed by atoms with E-state index in [0.717, 1.165) is 18.2 Å². The summed E-state index contributed by atoms with van der Waals surface area (Å²) in [5, 5.41) is 19.6. The van der Waals surface area contributed by atoms with Gasteiger partial charge in [-0.05, 0) is 23.8 Å². The van der Waals surface area contributed by atoms with Crippen LogP contribution in [0.1, 0.15) is 11.1 Å². The molecule has 0 saturated heterocycles. The summed E-state index contributed by atoms with van der Waals surface area (Å²) in [4.78, 5) is 26.3. The van der Waals surface area contributed by atoms with Gasteiger partial charge < -0.3 is 10.1 Å². The van der Waals surface area contributed by atoms with Crippen molar-refractivity contribution in [3.05, 3.63) is 70.0 Å². The quantitative estimate of drug-likeness (QED) is 0.446. The van der Waals surface area contributed by atoms with E-state index in [1.54, 1.807) is 0 Å². The van der Waals surface area contributed by atoms with E-state index in [4.69, 9.17) is 4.74 Å². The number of hydrogen-bond donors (Lipinski definition) is 2. The number of carbonyl (C=O) groups excluding carboxylic acids is 1. The zero-order valence-electron chi connectivity index (χ0n) is 15.9. The standard InChI is InChI=1S/C18H15F3N6O4/c1-31-15-8-13(27(29)30)5-6-14(15)23-17(28)24-16-22-10-26(25-16)9-11-3-2-4-12(7-11)18(19,20)21/h2-8,10H,9H2,1H3,(H2,23,24,25,28). The Morgan fingerprint density at radius 3 is 2.68 bits per heavy atom. The summed E-state index contributed by atoms with van der Waals surface area (Å²) in [6.45, 7) is 0.0103. The lowest BCUT2D eigenvalue weighted by atomic mass is 10.1. The molecule has 0 atom stereocenters. The molecule has 0 aliphatic rings. The number of non-ortho nitro benzene ring substituents is 1. The number of amides is 2. The van der Waals surface area contributed by atoms with Crippen molar-refractivity contribution >= 4 is 23.4 Å². The fourth-order valence-electron chi connectivity index (χ4n) is 2.61. The van der Waals surface area contributed by atoms with Crippen molar-refractivity contribution in [2.24, 2.45) is 0 Å². The molecule has 0 bridgehead atoms. The smallest absolute Gasteiger partial charge is 0.416 e. The molecular weight excluding hydrogens is 421 g/mol. The first-order valence-corrected chi connectivity index (χ1v) is 8.61. The summed E-state index contributed by atoms with van der Waals surface area (Å²) in [5.41, 5.74) is -0.460. The highest BCUT2D eigenvalue weighted by Crippen LogP contribution is 2.30. The average molecular weight is 436 g/mol. The highest BCUT2D eigenvalue weighted by molar-refractivity contribution is 5.99. The van der Waals surface area contributed by atoms with Crippen molar-refractivity contribution in [1.82, 2.24) is 14.8 Å². The van der Waals surface area contributed by atoms with Gasteiger partial charge in [0.25, 0.3) is 5.69 Å². The second kappa shape index (κ2) is 8.69. The number of methoxy groups -OCH3 is 1. The summed E-state index contributed by atoms with van der Waals surface area (Å²) in [7, 11) is 1.29. The lowest BCUT2D eigenvalue weighted by molar-refractivity contribution is -0.384. The van der Waals surface area contributed by atoms with E-state index in [0.29, 0.717) is 5.56 Å². The third kappa shape index (κ3) is 5.46. The molecule has 1 heterocycles. The second-order valence-corrected chi connectivity index (χ2v) is 6.18. The lowest BCUT2D eigenvalue weighted by Gasteiger charge is -2.10. The number of hydrogen-bond acceptors (Lipinski definition) is 6. The Morgan fingerprint density at radius 2 is 2.00 bits per heavy atom.